The van der Waals surface area contributed by atoms with Gasteiger partial charge in [-0.15, -0.1) is 0 Å². The van der Waals surface area contributed by atoms with Crippen molar-refractivity contribution >= 4 is 17.8 Å². The van der Waals surface area contributed by atoms with Crippen molar-refractivity contribution in [2.24, 2.45) is 0 Å². The van der Waals surface area contributed by atoms with E-state index in [0.29, 0.717) is 5.82 Å². The summed E-state index contributed by atoms with van der Waals surface area (Å²) >= 11 is 0. The van der Waals surface area contributed by atoms with Gasteiger partial charge in [-0.05, 0) is 51.0 Å². The number of hydrogen-bond donors (Lipinski definition) is 2. The molecule has 0 bridgehead atoms. The Bertz CT molecular complexity index is 1150. The molecule has 1 aromatic heterocycles. The highest BCUT2D eigenvalue weighted by Gasteiger charge is 2.24. The van der Waals surface area contributed by atoms with E-state index < -0.39 is 0 Å². The number of urea groups is 1. The standard InChI is InChI=1S/C28H35N5O3/c1-20(2)32(28(35)29-22-12-8-5-9-13-22)19-27(34)30-26-18-25(21-10-6-4-7-11-21)31-33(26)23-14-16-24(36-3)17-15-23/h4,6-7,10-11,14-18,20,22H,5,8-9,12-13,19H2,1-3H3,(H,29,35)(H,30,34). The Morgan fingerprint density at radius 1 is 1.06 bits per heavy atom. The highest BCUT2D eigenvalue weighted by molar-refractivity contribution is 5.94. The van der Waals surface area contributed by atoms with Crippen LogP contribution in [0.5, 0.6) is 5.75 Å². The zero-order valence-corrected chi connectivity index (χ0v) is 21.2. The molecule has 0 aliphatic heterocycles. The molecule has 0 radical (unpaired) electrons. The van der Waals surface area contributed by atoms with Crippen LogP contribution in [0.25, 0.3) is 16.9 Å². The van der Waals surface area contributed by atoms with Crippen LogP contribution in [-0.2, 0) is 4.79 Å². The fourth-order valence-electron chi connectivity index (χ4n) is 4.47. The molecule has 4 rings (SSSR count). The number of anilines is 1. The number of aromatic nitrogens is 2. The predicted octanol–water partition coefficient (Wildman–Crippen LogP) is 5.24. The molecular weight excluding hydrogens is 454 g/mol. The number of methoxy groups -OCH3 is 1. The van der Waals surface area contributed by atoms with Crippen LogP contribution in [0.15, 0.2) is 60.7 Å². The molecule has 8 nitrogen and oxygen atoms in total. The monoisotopic (exact) mass is 489 g/mol. The zero-order chi connectivity index (χ0) is 25.5. The molecule has 36 heavy (non-hydrogen) atoms. The lowest BCUT2D eigenvalue weighted by atomic mass is 9.96. The van der Waals surface area contributed by atoms with Crippen LogP contribution in [0.4, 0.5) is 10.6 Å². The van der Waals surface area contributed by atoms with Gasteiger partial charge in [0.15, 0.2) is 0 Å². The van der Waals surface area contributed by atoms with E-state index in [1.165, 1.54) is 6.42 Å². The summed E-state index contributed by atoms with van der Waals surface area (Å²) in [7, 11) is 1.62. The zero-order valence-electron chi connectivity index (χ0n) is 21.2. The van der Waals surface area contributed by atoms with Crippen molar-refractivity contribution in [3.05, 3.63) is 60.7 Å². The van der Waals surface area contributed by atoms with Gasteiger partial charge in [0.25, 0.3) is 0 Å². The van der Waals surface area contributed by atoms with E-state index in [4.69, 9.17) is 9.84 Å². The minimum atomic E-state index is -0.281. The second kappa shape index (κ2) is 11.7. The van der Waals surface area contributed by atoms with Crippen LogP contribution in [0.3, 0.4) is 0 Å². The summed E-state index contributed by atoms with van der Waals surface area (Å²) in [5, 5.41) is 10.9. The summed E-state index contributed by atoms with van der Waals surface area (Å²) in [4.78, 5) is 27.7. The molecule has 1 aliphatic carbocycles. The molecule has 1 saturated carbocycles. The number of benzene rings is 2. The average molecular weight is 490 g/mol. The quantitative estimate of drug-likeness (QED) is 0.453. The van der Waals surface area contributed by atoms with Gasteiger partial charge >= 0.3 is 6.03 Å². The van der Waals surface area contributed by atoms with Crippen molar-refractivity contribution in [1.82, 2.24) is 20.0 Å². The van der Waals surface area contributed by atoms with Crippen LogP contribution in [-0.4, -0.2) is 52.4 Å². The second-order valence-electron chi connectivity index (χ2n) is 9.44. The Balaban J connectivity index is 1.54. The molecule has 8 heteroatoms. The summed E-state index contributed by atoms with van der Waals surface area (Å²) in [6, 6.07) is 19.0. The number of nitrogens with one attached hydrogen (secondary N) is 2. The third kappa shape index (κ3) is 6.24. The predicted molar refractivity (Wildman–Crippen MR) is 141 cm³/mol. The summed E-state index contributed by atoms with van der Waals surface area (Å²) in [5.74, 6) is 0.980. The van der Waals surface area contributed by atoms with Crippen LogP contribution >= 0.6 is 0 Å². The van der Waals surface area contributed by atoms with Gasteiger partial charge in [0.05, 0.1) is 18.5 Å². The summed E-state index contributed by atoms with van der Waals surface area (Å²) in [6.07, 6.45) is 5.47. The van der Waals surface area contributed by atoms with E-state index in [2.05, 4.69) is 10.6 Å². The van der Waals surface area contributed by atoms with E-state index in [1.54, 1.807) is 16.7 Å². The van der Waals surface area contributed by atoms with Crippen molar-refractivity contribution in [2.45, 2.75) is 58.0 Å². The van der Waals surface area contributed by atoms with E-state index in [9.17, 15) is 9.59 Å². The minimum Gasteiger partial charge on any atom is -0.497 e. The first-order valence-corrected chi connectivity index (χ1v) is 12.6. The molecule has 1 fully saturated rings. The highest BCUT2D eigenvalue weighted by atomic mass is 16.5. The molecule has 3 amide bonds. The molecule has 3 aromatic rings. The number of carbonyl (C=O) groups is 2. The number of rotatable bonds is 8. The summed E-state index contributed by atoms with van der Waals surface area (Å²) in [6.45, 7) is 3.79. The summed E-state index contributed by atoms with van der Waals surface area (Å²) < 4.78 is 6.97. The largest absolute Gasteiger partial charge is 0.497 e. The van der Waals surface area contributed by atoms with Gasteiger partial charge in [-0.3, -0.25) is 4.79 Å². The Kier molecular flexibility index (Phi) is 8.25. The van der Waals surface area contributed by atoms with Gasteiger partial charge in [0.2, 0.25) is 5.91 Å². The van der Waals surface area contributed by atoms with Crippen molar-refractivity contribution in [3.63, 3.8) is 0 Å². The Morgan fingerprint density at radius 2 is 1.75 bits per heavy atom. The Hall–Kier alpha value is -3.81. The van der Waals surface area contributed by atoms with Crippen molar-refractivity contribution in [2.75, 3.05) is 19.0 Å². The minimum absolute atomic E-state index is 0.0509. The smallest absolute Gasteiger partial charge is 0.318 e. The first kappa shape index (κ1) is 25.3. The number of ether oxygens (including phenoxy) is 1. The number of carbonyl (C=O) groups excluding carboxylic acids is 2. The molecule has 1 aliphatic rings. The number of hydrogen-bond acceptors (Lipinski definition) is 4. The highest BCUT2D eigenvalue weighted by Crippen LogP contribution is 2.26. The maximum Gasteiger partial charge on any atom is 0.318 e. The molecule has 0 saturated heterocycles. The van der Waals surface area contributed by atoms with Crippen LogP contribution in [0.2, 0.25) is 0 Å². The van der Waals surface area contributed by atoms with E-state index in [-0.39, 0.29) is 30.6 Å². The fourth-order valence-corrected chi connectivity index (χ4v) is 4.47. The number of nitrogens with zero attached hydrogens (tertiary/aromatic N) is 3. The van der Waals surface area contributed by atoms with E-state index in [0.717, 1.165) is 48.4 Å². The first-order chi connectivity index (χ1) is 17.4. The maximum atomic E-state index is 13.2. The SMILES string of the molecule is COc1ccc(-n2nc(-c3ccccc3)cc2NC(=O)CN(C(=O)NC2CCCCC2)C(C)C)cc1. The van der Waals surface area contributed by atoms with Gasteiger partial charge in [-0.1, -0.05) is 49.6 Å². The van der Waals surface area contributed by atoms with Gasteiger partial charge in [-0.2, -0.15) is 5.10 Å². The normalized spacial score (nSPS) is 13.9. The Labute approximate surface area is 212 Å². The lowest BCUT2D eigenvalue weighted by molar-refractivity contribution is -0.117. The third-order valence-corrected chi connectivity index (χ3v) is 6.49. The van der Waals surface area contributed by atoms with Crippen LogP contribution in [0, 0.1) is 0 Å². The second-order valence-corrected chi connectivity index (χ2v) is 9.44. The molecule has 2 N–H and O–H groups in total. The molecule has 2 aromatic carbocycles. The van der Waals surface area contributed by atoms with Gasteiger partial charge in [0.1, 0.15) is 18.1 Å². The molecular formula is C28H35N5O3. The lowest BCUT2D eigenvalue weighted by Gasteiger charge is -2.30. The maximum absolute atomic E-state index is 13.2. The molecule has 0 unspecified atom stereocenters. The van der Waals surface area contributed by atoms with Gasteiger partial charge < -0.3 is 20.3 Å². The third-order valence-electron chi connectivity index (χ3n) is 6.49. The van der Waals surface area contributed by atoms with Crippen LogP contribution < -0.4 is 15.4 Å². The first-order valence-electron chi connectivity index (χ1n) is 12.6. The Morgan fingerprint density at radius 3 is 2.39 bits per heavy atom. The lowest BCUT2D eigenvalue weighted by Crippen LogP contribution is -2.50. The van der Waals surface area contributed by atoms with Crippen LogP contribution in [0.1, 0.15) is 46.0 Å². The van der Waals surface area contributed by atoms with Crippen molar-refractivity contribution < 1.29 is 14.3 Å². The van der Waals surface area contributed by atoms with Crippen molar-refractivity contribution in [3.8, 4) is 22.7 Å². The van der Waals surface area contributed by atoms with Gasteiger partial charge in [-0.25, -0.2) is 9.48 Å². The fraction of sp³-hybridized carbons (Fsp3) is 0.393. The van der Waals surface area contributed by atoms with E-state index >= 15 is 0 Å². The topological polar surface area (TPSA) is 88.5 Å². The number of amides is 3. The van der Waals surface area contributed by atoms with Gasteiger partial charge in [0, 0.05) is 23.7 Å². The average Bonchev–Trinajstić information content (AvgIpc) is 3.31. The molecule has 1 heterocycles. The molecule has 0 atom stereocenters. The summed E-state index contributed by atoms with van der Waals surface area (Å²) in [5.41, 5.74) is 2.46. The van der Waals surface area contributed by atoms with E-state index in [1.807, 2.05) is 74.5 Å². The molecule has 0 spiro atoms. The molecule has 190 valence electrons. The van der Waals surface area contributed by atoms with Crippen molar-refractivity contribution in [1.29, 1.82) is 0 Å².